The van der Waals surface area contributed by atoms with Gasteiger partial charge in [-0.15, -0.1) is 0 Å². The van der Waals surface area contributed by atoms with Crippen molar-refractivity contribution in [2.45, 2.75) is 26.8 Å². The van der Waals surface area contributed by atoms with E-state index in [1.54, 1.807) is 0 Å². The summed E-state index contributed by atoms with van der Waals surface area (Å²) in [6.07, 6.45) is 2.11. The van der Waals surface area contributed by atoms with E-state index in [-0.39, 0.29) is 17.0 Å². The zero-order valence-corrected chi connectivity index (χ0v) is 8.80. The molecule has 1 aromatic heterocycles. The quantitative estimate of drug-likeness (QED) is 0.523. The fourth-order valence-corrected chi connectivity index (χ4v) is 1.12. The second-order valence-corrected chi connectivity index (χ2v) is 2.84. The van der Waals surface area contributed by atoms with Crippen molar-refractivity contribution in [3.63, 3.8) is 0 Å². The van der Waals surface area contributed by atoms with Crippen LogP contribution in [0.3, 0.4) is 0 Å². The summed E-state index contributed by atoms with van der Waals surface area (Å²) in [6.45, 7) is 6.50. The zero-order valence-electron chi connectivity index (χ0n) is 7.21. The smallest absolute Gasteiger partial charge is 0.178 e. The van der Waals surface area contributed by atoms with Crippen LogP contribution in [0.2, 0.25) is 0 Å². The number of hydrogen-bond acceptors (Lipinski definition) is 0. The Balaban J connectivity index is 0.000001000. The van der Waals surface area contributed by atoms with Gasteiger partial charge in [-0.25, -0.2) is 4.57 Å². The molecule has 0 radical (unpaired) electrons. The van der Waals surface area contributed by atoms with Gasteiger partial charge >= 0.3 is 0 Å². The summed E-state index contributed by atoms with van der Waals surface area (Å²) in [7, 11) is 0. The zero-order chi connectivity index (χ0) is 7.56. The van der Waals surface area contributed by atoms with Crippen molar-refractivity contribution in [2.75, 3.05) is 0 Å². The van der Waals surface area contributed by atoms with Crippen LogP contribution >= 0.6 is 0 Å². The first-order valence-electron chi connectivity index (χ1n) is 3.68. The summed E-state index contributed by atoms with van der Waals surface area (Å²) in [5, 5.41) is 0. The Hall–Kier alpha value is -0.370. The Morgan fingerprint density at radius 1 is 1.27 bits per heavy atom. The van der Waals surface area contributed by atoms with Crippen LogP contribution in [0.15, 0.2) is 24.4 Å². The number of aryl methyl sites for hydroxylation is 1. The van der Waals surface area contributed by atoms with Gasteiger partial charge < -0.3 is 17.0 Å². The van der Waals surface area contributed by atoms with Gasteiger partial charge in [-0.3, -0.25) is 0 Å². The average molecular weight is 216 g/mol. The minimum Gasteiger partial charge on any atom is -1.00 e. The third kappa shape index (κ3) is 2.62. The van der Waals surface area contributed by atoms with Crippen molar-refractivity contribution in [3.05, 3.63) is 30.1 Å². The third-order valence-electron chi connectivity index (χ3n) is 1.66. The van der Waals surface area contributed by atoms with E-state index in [0.717, 1.165) is 0 Å². The fourth-order valence-electron chi connectivity index (χ4n) is 1.12. The van der Waals surface area contributed by atoms with E-state index >= 15 is 0 Å². The SMILES string of the molecule is Cc1cccc[n+]1C(C)C.[Br-]. The largest absolute Gasteiger partial charge is 1.00 e. The van der Waals surface area contributed by atoms with Crippen LogP contribution in [0.4, 0.5) is 0 Å². The molecule has 0 atom stereocenters. The molecule has 2 heteroatoms. The highest BCUT2D eigenvalue weighted by Gasteiger charge is 2.06. The maximum atomic E-state index is 2.25. The first kappa shape index (κ1) is 10.6. The second-order valence-electron chi connectivity index (χ2n) is 2.84. The molecule has 0 N–H and O–H groups in total. The van der Waals surface area contributed by atoms with Crippen molar-refractivity contribution >= 4 is 0 Å². The molecule has 1 heterocycles. The summed E-state index contributed by atoms with van der Waals surface area (Å²) < 4.78 is 2.25. The number of hydrogen-bond donors (Lipinski definition) is 0. The van der Waals surface area contributed by atoms with Crippen LogP contribution in [0, 0.1) is 6.92 Å². The average Bonchev–Trinajstić information content (AvgIpc) is 1.88. The van der Waals surface area contributed by atoms with Gasteiger partial charge in [-0.1, -0.05) is 6.07 Å². The Bertz CT molecular complexity index is 221. The van der Waals surface area contributed by atoms with Crippen molar-refractivity contribution in [1.29, 1.82) is 0 Å². The summed E-state index contributed by atoms with van der Waals surface area (Å²) in [6, 6.07) is 6.82. The summed E-state index contributed by atoms with van der Waals surface area (Å²) in [5.74, 6) is 0. The topological polar surface area (TPSA) is 3.88 Å². The molecule has 0 aliphatic carbocycles. The molecule has 0 aliphatic rings. The first-order valence-corrected chi connectivity index (χ1v) is 3.68. The predicted octanol–water partition coefficient (Wildman–Crippen LogP) is -1.13. The molecule has 62 valence electrons. The molecule has 0 fully saturated rings. The van der Waals surface area contributed by atoms with Gasteiger partial charge in [0, 0.05) is 19.1 Å². The summed E-state index contributed by atoms with van der Waals surface area (Å²) in [4.78, 5) is 0. The van der Waals surface area contributed by atoms with Gasteiger partial charge in [0.05, 0.1) is 0 Å². The van der Waals surface area contributed by atoms with E-state index in [4.69, 9.17) is 0 Å². The van der Waals surface area contributed by atoms with Crippen molar-refractivity contribution in [3.8, 4) is 0 Å². The molecule has 1 nitrogen and oxygen atoms in total. The van der Waals surface area contributed by atoms with E-state index in [0.29, 0.717) is 6.04 Å². The monoisotopic (exact) mass is 215 g/mol. The summed E-state index contributed by atoms with van der Waals surface area (Å²) >= 11 is 0. The van der Waals surface area contributed by atoms with Crippen molar-refractivity contribution in [1.82, 2.24) is 0 Å². The van der Waals surface area contributed by atoms with Crippen molar-refractivity contribution < 1.29 is 21.5 Å². The lowest BCUT2D eigenvalue weighted by atomic mass is 10.3. The third-order valence-corrected chi connectivity index (χ3v) is 1.66. The predicted molar refractivity (Wildman–Crippen MR) is 41.8 cm³/mol. The molecule has 0 amide bonds. The lowest BCUT2D eigenvalue weighted by Gasteiger charge is -2.01. The lowest BCUT2D eigenvalue weighted by molar-refractivity contribution is -0.721. The number of nitrogens with zero attached hydrogens (tertiary/aromatic N) is 1. The summed E-state index contributed by atoms with van der Waals surface area (Å²) in [5.41, 5.74) is 1.32. The van der Waals surface area contributed by atoms with E-state index in [1.165, 1.54) is 5.69 Å². The maximum absolute atomic E-state index is 2.25. The van der Waals surface area contributed by atoms with Crippen LogP contribution < -0.4 is 21.5 Å². The Kier molecular flexibility index (Phi) is 4.34. The highest BCUT2D eigenvalue weighted by atomic mass is 79.9. The lowest BCUT2D eigenvalue weighted by Crippen LogP contribution is -3.00. The number of pyridine rings is 1. The highest BCUT2D eigenvalue weighted by molar-refractivity contribution is 4.94. The molecule has 0 saturated carbocycles. The van der Waals surface area contributed by atoms with Gasteiger partial charge in [0.1, 0.15) is 0 Å². The van der Waals surface area contributed by atoms with Gasteiger partial charge in [0.25, 0.3) is 0 Å². The fraction of sp³-hybridized carbons (Fsp3) is 0.444. The van der Waals surface area contributed by atoms with E-state index < -0.39 is 0 Å². The molecule has 0 spiro atoms. The molecule has 0 unspecified atom stereocenters. The molecule has 0 aliphatic heterocycles. The van der Waals surface area contributed by atoms with Crippen LogP contribution in [0.1, 0.15) is 25.6 Å². The van der Waals surface area contributed by atoms with E-state index in [9.17, 15) is 0 Å². The van der Waals surface area contributed by atoms with Crippen LogP contribution in [-0.4, -0.2) is 0 Å². The standard InChI is InChI=1S/C9H14N.BrH/c1-8(2)10-7-5-4-6-9(10)3;/h4-8H,1-3H3;1H/q+1;/p-1. The molecule has 0 aromatic carbocycles. The molecule has 1 aromatic rings. The van der Waals surface area contributed by atoms with Gasteiger partial charge in [0.2, 0.25) is 0 Å². The Labute approximate surface area is 78.8 Å². The maximum Gasteiger partial charge on any atom is 0.178 e. The van der Waals surface area contributed by atoms with E-state index in [2.05, 4.69) is 49.7 Å². The van der Waals surface area contributed by atoms with Crippen LogP contribution in [-0.2, 0) is 0 Å². The van der Waals surface area contributed by atoms with Crippen molar-refractivity contribution in [2.24, 2.45) is 0 Å². The Morgan fingerprint density at radius 3 is 2.27 bits per heavy atom. The molecule has 0 saturated heterocycles. The Morgan fingerprint density at radius 2 is 1.91 bits per heavy atom. The normalized spacial score (nSPS) is 9.45. The molecular weight excluding hydrogens is 202 g/mol. The molecule has 1 rings (SSSR count). The van der Waals surface area contributed by atoms with Crippen LogP contribution in [0.5, 0.6) is 0 Å². The first-order chi connectivity index (χ1) is 4.72. The number of aromatic nitrogens is 1. The van der Waals surface area contributed by atoms with Gasteiger partial charge in [-0.05, 0) is 13.8 Å². The highest BCUT2D eigenvalue weighted by Crippen LogP contribution is 1.94. The van der Waals surface area contributed by atoms with Gasteiger partial charge in [-0.2, -0.15) is 0 Å². The molecular formula is C9H14BrN. The number of halogens is 1. The molecule has 11 heavy (non-hydrogen) atoms. The second kappa shape index (κ2) is 4.50. The van der Waals surface area contributed by atoms with Gasteiger partial charge in [0.15, 0.2) is 17.9 Å². The minimum atomic E-state index is 0. The van der Waals surface area contributed by atoms with E-state index in [1.807, 2.05) is 0 Å². The molecule has 0 bridgehead atoms. The number of rotatable bonds is 1. The van der Waals surface area contributed by atoms with Crippen LogP contribution in [0.25, 0.3) is 0 Å². The minimum absolute atomic E-state index is 0.